The van der Waals surface area contributed by atoms with E-state index in [1.54, 1.807) is 18.2 Å². The van der Waals surface area contributed by atoms with Gasteiger partial charge in [-0.25, -0.2) is 0 Å². The molecule has 0 spiro atoms. The van der Waals surface area contributed by atoms with E-state index in [4.69, 9.17) is 21.1 Å². The van der Waals surface area contributed by atoms with Crippen molar-refractivity contribution in [2.45, 2.75) is 0 Å². The van der Waals surface area contributed by atoms with Crippen LogP contribution in [-0.4, -0.2) is 25.1 Å². The Bertz CT molecular complexity index is 819. The van der Waals surface area contributed by atoms with Crippen molar-refractivity contribution < 1.29 is 19.2 Å². The highest BCUT2D eigenvalue weighted by atomic mass is 35.5. The van der Waals surface area contributed by atoms with E-state index in [1.807, 2.05) is 0 Å². The molecule has 0 aliphatic heterocycles. The molecule has 0 heterocycles. The van der Waals surface area contributed by atoms with Gasteiger partial charge < -0.3 is 14.8 Å². The van der Waals surface area contributed by atoms with Gasteiger partial charge in [-0.05, 0) is 29.8 Å². The summed E-state index contributed by atoms with van der Waals surface area (Å²) in [7, 11) is 2.94. The van der Waals surface area contributed by atoms with Gasteiger partial charge in [0.05, 0.1) is 29.9 Å². The molecule has 25 heavy (non-hydrogen) atoms. The van der Waals surface area contributed by atoms with Crippen LogP contribution in [0.4, 0.5) is 11.4 Å². The summed E-state index contributed by atoms with van der Waals surface area (Å²) >= 11 is 6.05. The first-order valence-electron chi connectivity index (χ1n) is 7.09. The molecule has 1 N–H and O–H groups in total. The summed E-state index contributed by atoms with van der Waals surface area (Å²) in [5.41, 5.74) is 1.03. The molecule has 130 valence electrons. The van der Waals surface area contributed by atoms with Crippen LogP contribution < -0.4 is 14.8 Å². The summed E-state index contributed by atoms with van der Waals surface area (Å²) in [6.07, 6.45) is 2.84. The Morgan fingerprint density at radius 2 is 1.80 bits per heavy atom. The molecule has 0 unspecified atom stereocenters. The number of hydrogen-bond donors (Lipinski definition) is 1. The maximum Gasteiger partial charge on any atom is 0.269 e. The normalized spacial score (nSPS) is 10.5. The van der Waals surface area contributed by atoms with Gasteiger partial charge in [0.15, 0.2) is 0 Å². The Kier molecular flexibility index (Phi) is 5.97. The number of ether oxygens (including phenoxy) is 2. The molecule has 0 atom stereocenters. The number of non-ortho nitro benzene ring substituents is 1. The van der Waals surface area contributed by atoms with Crippen molar-refractivity contribution in [2.24, 2.45) is 0 Å². The summed E-state index contributed by atoms with van der Waals surface area (Å²) in [4.78, 5) is 22.2. The summed E-state index contributed by atoms with van der Waals surface area (Å²) in [6.45, 7) is 0. The number of methoxy groups -OCH3 is 2. The van der Waals surface area contributed by atoms with Crippen LogP contribution in [0.2, 0.25) is 5.02 Å². The number of nitrogens with zero attached hydrogens (tertiary/aromatic N) is 1. The van der Waals surface area contributed by atoms with Crippen molar-refractivity contribution in [1.82, 2.24) is 0 Å². The second-order valence-corrected chi connectivity index (χ2v) is 5.27. The van der Waals surface area contributed by atoms with E-state index < -0.39 is 10.8 Å². The molecule has 1 amide bonds. The van der Waals surface area contributed by atoms with Crippen LogP contribution in [0.15, 0.2) is 42.5 Å². The highest BCUT2D eigenvalue weighted by Gasteiger charge is 2.11. The van der Waals surface area contributed by atoms with Crippen molar-refractivity contribution in [3.05, 3.63) is 63.2 Å². The molecule has 2 aromatic carbocycles. The number of nitro groups is 1. The molecule has 0 saturated heterocycles. The van der Waals surface area contributed by atoms with Crippen molar-refractivity contribution in [3.8, 4) is 11.5 Å². The lowest BCUT2D eigenvalue weighted by atomic mass is 10.2. The third kappa shape index (κ3) is 4.71. The average molecular weight is 363 g/mol. The zero-order valence-corrected chi connectivity index (χ0v) is 14.2. The quantitative estimate of drug-likeness (QED) is 0.478. The number of nitrogens with one attached hydrogen (secondary N) is 1. The first kappa shape index (κ1) is 18.3. The minimum Gasteiger partial charge on any atom is -0.495 e. The zero-order valence-electron chi connectivity index (χ0n) is 13.5. The van der Waals surface area contributed by atoms with Crippen LogP contribution in [0, 0.1) is 10.1 Å². The van der Waals surface area contributed by atoms with Crippen LogP contribution in [0.5, 0.6) is 11.5 Å². The van der Waals surface area contributed by atoms with E-state index >= 15 is 0 Å². The predicted molar refractivity (Wildman–Crippen MR) is 95.3 cm³/mol. The summed E-state index contributed by atoms with van der Waals surface area (Å²) in [5.74, 6) is 0.425. The van der Waals surface area contributed by atoms with E-state index in [1.165, 1.54) is 44.6 Å². The molecule has 8 heteroatoms. The third-order valence-corrected chi connectivity index (χ3v) is 3.56. The fourth-order valence-electron chi connectivity index (χ4n) is 2.01. The first-order valence-corrected chi connectivity index (χ1v) is 7.47. The Balaban J connectivity index is 2.11. The Morgan fingerprint density at radius 1 is 1.16 bits per heavy atom. The minimum atomic E-state index is -0.486. The number of amides is 1. The van der Waals surface area contributed by atoms with Crippen molar-refractivity contribution >= 4 is 35.0 Å². The van der Waals surface area contributed by atoms with Crippen molar-refractivity contribution in [1.29, 1.82) is 0 Å². The molecule has 0 saturated carbocycles. The molecule has 2 aromatic rings. The average Bonchev–Trinajstić information content (AvgIpc) is 2.60. The monoisotopic (exact) mass is 362 g/mol. The van der Waals surface area contributed by atoms with Gasteiger partial charge >= 0.3 is 0 Å². The number of hydrogen-bond acceptors (Lipinski definition) is 5. The highest BCUT2D eigenvalue weighted by Crippen LogP contribution is 2.35. The van der Waals surface area contributed by atoms with E-state index in [0.717, 1.165) is 0 Å². The second-order valence-electron chi connectivity index (χ2n) is 4.86. The van der Waals surface area contributed by atoms with E-state index in [-0.39, 0.29) is 5.69 Å². The third-order valence-electron chi connectivity index (χ3n) is 3.26. The second kappa shape index (κ2) is 8.16. The molecule has 0 aliphatic carbocycles. The number of anilines is 1. The fourth-order valence-corrected chi connectivity index (χ4v) is 2.25. The van der Waals surface area contributed by atoms with Gasteiger partial charge in [0.2, 0.25) is 5.91 Å². The molecule has 0 aliphatic rings. The zero-order chi connectivity index (χ0) is 18.4. The number of benzene rings is 2. The predicted octanol–water partition coefficient (Wildman–Crippen LogP) is 3.92. The molecular formula is C17H15ClN2O5. The maximum atomic E-state index is 12.1. The standard InChI is InChI=1S/C17H15ClN2O5/c1-24-15-10-16(25-2)14(9-13(15)18)19-17(21)8-5-11-3-6-12(7-4-11)20(22)23/h3-10H,1-2H3,(H,19,21)/b8-5+. The van der Waals surface area contributed by atoms with Gasteiger partial charge in [-0.2, -0.15) is 0 Å². The largest absolute Gasteiger partial charge is 0.495 e. The molecule has 2 rings (SSSR count). The SMILES string of the molecule is COc1cc(OC)c(NC(=O)/C=C/c2ccc([N+](=O)[O-])cc2)cc1Cl. The molecular weight excluding hydrogens is 348 g/mol. The lowest BCUT2D eigenvalue weighted by Crippen LogP contribution is -2.09. The Hall–Kier alpha value is -3.06. The Morgan fingerprint density at radius 3 is 2.36 bits per heavy atom. The molecule has 0 radical (unpaired) electrons. The number of rotatable bonds is 6. The molecule has 0 fully saturated rings. The van der Waals surface area contributed by atoms with E-state index in [2.05, 4.69) is 5.32 Å². The summed E-state index contributed by atoms with van der Waals surface area (Å²) in [6, 6.07) is 8.92. The summed E-state index contributed by atoms with van der Waals surface area (Å²) in [5, 5.41) is 13.6. The number of halogens is 1. The van der Waals surface area contributed by atoms with Crippen LogP contribution >= 0.6 is 11.6 Å². The van der Waals surface area contributed by atoms with Gasteiger partial charge in [0.1, 0.15) is 11.5 Å². The van der Waals surface area contributed by atoms with Gasteiger partial charge in [-0.15, -0.1) is 0 Å². The van der Waals surface area contributed by atoms with Crippen LogP contribution in [0.1, 0.15) is 5.56 Å². The summed E-state index contributed by atoms with van der Waals surface area (Å²) < 4.78 is 10.3. The molecule has 0 bridgehead atoms. The van der Waals surface area contributed by atoms with Gasteiger partial charge in [0.25, 0.3) is 5.69 Å². The minimum absolute atomic E-state index is 0.0146. The molecule has 7 nitrogen and oxygen atoms in total. The van der Waals surface area contributed by atoms with Crippen LogP contribution in [0.25, 0.3) is 6.08 Å². The Labute approximate surface area is 149 Å². The van der Waals surface area contributed by atoms with Crippen molar-refractivity contribution in [3.63, 3.8) is 0 Å². The molecule has 0 aromatic heterocycles. The van der Waals surface area contributed by atoms with Gasteiger partial charge in [-0.3, -0.25) is 14.9 Å². The maximum absolute atomic E-state index is 12.1. The number of nitro benzene ring substituents is 1. The highest BCUT2D eigenvalue weighted by molar-refractivity contribution is 6.32. The van der Waals surface area contributed by atoms with Gasteiger partial charge in [0, 0.05) is 24.3 Å². The van der Waals surface area contributed by atoms with Crippen LogP contribution in [0.3, 0.4) is 0 Å². The topological polar surface area (TPSA) is 90.7 Å². The lowest BCUT2D eigenvalue weighted by molar-refractivity contribution is -0.384. The van der Waals surface area contributed by atoms with Crippen molar-refractivity contribution in [2.75, 3.05) is 19.5 Å². The smallest absolute Gasteiger partial charge is 0.269 e. The number of carbonyl (C=O) groups is 1. The van der Waals surface area contributed by atoms with E-state index in [0.29, 0.717) is 27.8 Å². The first-order chi connectivity index (χ1) is 11.9. The lowest BCUT2D eigenvalue weighted by Gasteiger charge is -2.12. The van der Waals surface area contributed by atoms with Crippen LogP contribution in [-0.2, 0) is 4.79 Å². The van der Waals surface area contributed by atoms with E-state index in [9.17, 15) is 14.9 Å². The fraction of sp³-hybridized carbons (Fsp3) is 0.118. The van der Waals surface area contributed by atoms with Gasteiger partial charge in [-0.1, -0.05) is 11.6 Å². The number of carbonyl (C=O) groups excluding carboxylic acids is 1.